The Labute approximate surface area is 117 Å². The average Bonchev–Trinajstić information content (AvgIpc) is 2.29. The van der Waals surface area contributed by atoms with Crippen LogP contribution in [0.15, 0.2) is 23.8 Å². The van der Waals surface area contributed by atoms with Crippen molar-refractivity contribution in [3.05, 3.63) is 23.8 Å². The van der Waals surface area contributed by atoms with E-state index >= 15 is 0 Å². The Morgan fingerprint density at radius 1 is 1.47 bits per heavy atom. The molecule has 0 radical (unpaired) electrons. The van der Waals surface area contributed by atoms with Crippen molar-refractivity contribution >= 4 is 14.2 Å². The number of ether oxygens (including phenoxy) is 2. The maximum Gasteiger partial charge on any atom is 0.508 e. The quantitative estimate of drug-likeness (QED) is 0.436. The highest BCUT2D eigenvalue weighted by molar-refractivity contribution is 6.76. The molecule has 0 aromatic heterocycles. The van der Waals surface area contributed by atoms with Crippen LogP contribution in [0.25, 0.3) is 0 Å². The number of allylic oxidation sites excluding steroid dienone is 2. The van der Waals surface area contributed by atoms with Crippen LogP contribution in [-0.4, -0.2) is 27.4 Å². The molecule has 0 aromatic rings. The summed E-state index contributed by atoms with van der Waals surface area (Å²) in [7, 11) is 0.131. The van der Waals surface area contributed by atoms with E-state index < -0.39 is 14.2 Å². The Morgan fingerprint density at radius 2 is 2.11 bits per heavy atom. The van der Waals surface area contributed by atoms with Gasteiger partial charge in [-0.15, -0.1) is 0 Å². The van der Waals surface area contributed by atoms with Gasteiger partial charge in [0.05, 0.1) is 7.11 Å². The summed E-state index contributed by atoms with van der Waals surface area (Å²) < 4.78 is 10.1. The van der Waals surface area contributed by atoms with Gasteiger partial charge in [0.1, 0.15) is 6.10 Å². The van der Waals surface area contributed by atoms with Crippen molar-refractivity contribution in [2.75, 3.05) is 7.11 Å². The molecule has 1 rings (SSSR count). The second-order valence-corrected chi connectivity index (χ2v) is 12.1. The number of carbonyl (C=O) groups excluding carboxylic acids is 1. The third kappa shape index (κ3) is 5.23. The van der Waals surface area contributed by atoms with Gasteiger partial charge in [0.2, 0.25) is 0 Å². The van der Waals surface area contributed by atoms with Crippen molar-refractivity contribution in [1.29, 1.82) is 0 Å². The summed E-state index contributed by atoms with van der Waals surface area (Å²) in [5.41, 5.74) is 2.42. The molecular formula is C15H26O3Si. The molecule has 1 aliphatic carbocycles. The predicted octanol–water partition coefficient (Wildman–Crippen LogP) is 4.39. The minimum Gasteiger partial charge on any atom is -0.438 e. The fourth-order valence-electron chi connectivity index (χ4n) is 2.42. The molecule has 2 atom stereocenters. The lowest BCUT2D eigenvalue weighted by molar-refractivity contribution is 0.0402. The lowest BCUT2D eigenvalue weighted by atomic mass is 9.84. The Kier molecular flexibility index (Phi) is 5.41. The number of hydrogen-bond acceptors (Lipinski definition) is 3. The number of hydrogen-bond donors (Lipinski definition) is 0. The van der Waals surface area contributed by atoms with E-state index in [9.17, 15) is 4.79 Å². The molecule has 0 spiro atoms. The Hall–Kier alpha value is -1.03. The van der Waals surface area contributed by atoms with Crippen LogP contribution in [0.4, 0.5) is 4.79 Å². The molecule has 0 unspecified atom stereocenters. The highest BCUT2D eigenvalue weighted by atomic mass is 28.3. The molecule has 1 aliphatic rings. The van der Waals surface area contributed by atoms with Gasteiger partial charge in [-0.2, -0.15) is 0 Å². The van der Waals surface area contributed by atoms with Gasteiger partial charge < -0.3 is 9.47 Å². The van der Waals surface area contributed by atoms with Crippen LogP contribution >= 0.6 is 0 Å². The summed E-state index contributed by atoms with van der Waals surface area (Å²) in [5.74, 6) is 0.403. The molecule has 4 heteroatoms. The zero-order valence-electron chi connectivity index (χ0n) is 12.8. The van der Waals surface area contributed by atoms with Crippen LogP contribution in [0, 0.1) is 5.92 Å². The highest BCUT2D eigenvalue weighted by Crippen LogP contribution is 2.34. The Bertz CT molecular complexity index is 379. The van der Waals surface area contributed by atoms with Gasteiger partial charge in [-0.1, -0.05) is 37.9 Å². The van der Waals surface area contributed by atoms with Crippen LogP contribution in [0.2, 0.25) is 25.7 Å². The van der Waals surface area contributed by atoms with Gasteiger partial charge in [0, 0.05) is 8.07 Å². The van der Waals surface area contributed by atoms with Crippen LogP contribution in [0.1, 0.15) is 19.8 Å². The summed E-state index contributed by atoms with van der Waals surface area (Å²) in [6.07, 6.45) is 3.36. The van der Waals surface area contributed by atoms with Crippen molar-refractivity contribution in [1.82, 2.24) is 0 Å². The average molecular weight is 282 g/mol. The first-order valence-electron chi connectivity index (χ1n) is 6.82. The fourth-order valence-corrected chi connectivity index (χ4v) is 4.02. The maximum atomic E-state index is 11.4. The molecular weight excluding hydrogens is 256 g/mol. The fraction of sp³-hybridized carbons (Fsp3) is 0.667. The zero-order chi connectivity index (χ0) is 14.6. The Balaban J connectivity index is 2.84. The first kappa shape index (κ1) is 16.0. The standard InChI is InChI=1S/C15H26O3Si/c1-11(2)12-7-8-13(10-19(4,5)6)14(9-12)18-15(16)17-3/h8,12,14H,1,7,9-10H2,2-6H3/t12-,14-/m0/s1. The van der Waals surface area contributed by atoms with Crippen molar-refractivity contribution in [2.45, 2.75) is 51.6 Å². The van der Waals surface area contributed by atoms with E-state index in [0.717, 1.165) is 24.5 Å². The smallest absolute Gasteiger partial charge is 0.438 e. The molecule has 0 N–H and O–H groups in total. The van der Waals surface area contributed by atoms with Crippen LogP contribution in [0.5, 0.6) is 0 Å². The molecule has 0 saturated heterocycles. The topological polar surface area (TPSA) is 35.5 Å². The van der Waals surface area contributed by atoms with E-state index in [-0.39, 0.29) is 6.10 Å². The van der Waals surface area contributed by atoms with Gasteiger partial charge >= 0.3 is 6.16 Å². The number of rotatable bonds is 4. The van der Waals surface area contributed by atoms with Gasteiger partial charge in [-0.3, -0.25) is 0 Å². The minimum atomic E-state index is -1.22. The minimum absolute atomic E-state index is 0.144. The van der Waals surface area contributed by atoms with Gasteiger partial charge in [-0.25, -0.2) is 4.79 Å². The van der Waals surface area contributed by atoms with Crippen LogP contribution in [0.3, 0.4) is 0 Å². The van der Waals surface area contributed by atoms with Crippen molar-refractivity contribution in [2.24, 2.45) is 5.92 Å². The van der Waals surface area contributed by atoms with Crippen molar-refractivity contribution in [3.63, 3.8) is 0 Å². The molecule has 0 aromatic carbocycles. The number of carbonyl (C=O) groups is 1. The van der Waals surface area contributed by atoms with E-state index in [1.165, 1.54) is 12.7 Å². The lowest BCUT2D eigenvalue weighted by Gasteiger charge is -2.32. The van der Waals surface area contributed by atoms with E-state index in [0.29, 0.717) is 5.92 Å². The van der Waals surface area contributed by atoms with E-state index in [2.05, 4.69) is 37.0 Å². The predicted molar refractivity (Wildman–Crippen MR) is 81.1 cm³/mol. The molecule has 0 heterocycles. The Morgan fingerprint density at radius 3 is 2.58 bits per heavy atom. The highest BCUT2D eigenvalue weighted by Gasteiger charge is 2.30. The van der Waals surface area contributed by atoms with E-state index in [1.54, 1.807) is 0 Å². The van der Waals surface area contributed by atoms with Crippen molar-refractivity contribution < 1.29 is 14.3 Å². The number of methoxy groups -OCH3 is 1. The zero-order valence-corrected chi connectivity index (χ0v) is 13.8. The molecule has 108 valence electrons. The SMILES string of the molecule is C=C(C)[C@H]1CC=C(C[Si](C)(C)C)[C@@H](OC(=O)OC)C1. The summed E-state index contributed by atoms with van der Waals surface area (Å²) in [4.78, 5) is 11.4. The van der Waals surface area contributed by atoms with E-state index in [1.807, 2.05) is 6.92 Å². The van der Waals surface area contributed by atoms with Crippen LogP contribution in [-0.2, 0) is 9.47 Å². The molecule has 0 saturated carbocycles. The second-order valence-electron chi connectivity index (χ2n) is 6.59. The molecule has 0 bridgehead atoms. The summed E-state index contributed by atoms with van der Waals surface area (Å²) in [6, 6.07) is 1.07. The van der Waals surface area contributed by atoms with E-state index in [4.69, 9.17) is 4.74 Å². The maximum absolute atomic E-state index is 11.4. The molecule has 3 nitrogen and oxygen atoms in total. The van der Waals surface area contributed by atoms with Crippen LogP contribution < -0.4 is 0 Å². The molecule has 0 amide bonds. The first-order chi connectivity index (χ1) is 8.73. The van der Waals surface area contributed by atoms with Gasteiger partial charge in [0.15, 0.2) is 0 Å². The monoisotopic (exact) mass is 282 g/mol. The third-order valence-electron chi connectivity index (χ3n) is 3.41. The summed E-state index contributed by atoms with van der Waals surface area (Å²) in [5, 5.41) is 0. The normalized spacial score (nSPS) is 23.5. The third-order valence-corrected chi connectivity index (χ3v) is 4.88. The van der Waals surface area contributed by atoms with Crippen molar-refractivity contribution in [3.8, 4) is 0 Å². The first-order valence-corrected chi connectivity index (χ1v) is 10.5. The molecule has 0 fully saturated rings. The van der Waals surface area contributed by atoms with Gasteiger partial charge in [0.25, 0.3) is 0 Å². The second kappa shape index (κ2) is 6.42. The molecule has 0 aliphatic heterocycles. The summed E-state index contributed by atoms with van der Waals surface area (Å²) in [6.45, 7) is 13.0. The lowest BCUT2D eigenvalue weighted by Crippen LogP contribution is -2.31. The summed E-state index contributed by atoms with van der Waals surface area (Å²) >= 11 is 0. The molecule has 19 heavy (non-hydrogen) atoms. The largest absolute Gasteiger partial charge is 0.508 e. The van der Waals surface area contributed by atoms with Gasteiger partial charge in [-0.05, 0) is 37.3 Å².